The second-order valence-electron chi connectivity index (χ2n) is 5.00. The number of hydrogen-bond donors (Lipinski definition) is 2. The lowest BCUT2D eigenvalue weighted by Crippen LogP contribution is -2.54. The average Bonchev–Trinajstić information content (AvgIpc) is 2.38. The minimum atomic E-state index is 0.401. The van der Waals surface area contributed by atoms with Gasteiger partial charge in [0.05, 0.1) is 6.61 Å². The van der Waals surface area contributed by atoms with Crippen LogP contribution in [0.2, 0.25) is 0 Å². The quantitative estimate of drug-likeness (QED) is 0.743. The summed E-state index contributed by atoms with van der Waals surface area (Å²) in [5, 5.41) is 2.36. The summed E-state index contributed by atoms with van der Waals surface area (Å²) < 4.78 is 5.54. The molecule has 0 saturated carbocycles. The second kappa shape index (κ2) is 6.55. The number of hydrazine groups is 1. The Hall–Kier alpha value is -0.160. The maximum atomic E-state index is 5.88. The van der Waals surface area contributed by atoms with Gasteiger partial charge in [0.15, 0.2) is 0 Å². The largest absolute Gasteiger partial charge is 0.381 e. The molecule has 0 aromatic heterocycles. The molecular formula is C12H25N3O. The Morgan fingerprint density at radius 1 is 1.25 bits per heavy atom. The number of hydrogen-bond acceptors (Lipinski definition) is 4. The van der Waals surface area contributed by atoms with Gasteiger partial charge in [-0.25, -0.2) is 5.01 Å². The van der Waals surface area contributed by atoms with E-state index in [1.807, 2.05) is 0 Å². The van der Waals surface area contributed by atoms with Gasteiger partial charge in [0.1, 0.15) is 0 Å². The minimum Gasteiger partial charge on any atom is -0.381 e. The fraction of sp³-hybridized carbons (Fsp3) is 1.00. The lowest BCUT2D eigenvalue weighted by Gasteiger charge is -2.36. The third-order valence-electron chi connectivity index (χ3n) is 3.72. The van der Waals surface area contributed by atoms with Crippen molar-refractivity contribution < 1.29 is 4.74 Å². The molecule has 2 fully saturated rings. The Labute approximate surface area is 98.5 Å². The molecule has 0 aliphatic carbocycles. The van der Waals surface area contributed by atoms with Crippen molar-refractivity contribution in [1.82, 2.24) is 10.4 Å². The third-order valence-corrected chi connectivity index (χ3v) is 3.72. The van der Waals surface area contributed by atoms with E-state index in [1.54, 1.807) is 0 Å². The predicted octanol–water partition coefficient (Wildman–Crippen LogP) is 0.731. The molecule has 2 aliphatic rings. The van der Waals surface area contributed by atoms with Crippen molar-refractivity contribution in [2.45, 2.75) is 38.1 Å². The van der Waals surface area contributed by atoms with Gasteiger partial charge in [-0.3, -0.25) is 5.43 Å². The standard InChI is InChI=1S/C12H25N3O/c13-9-12(11-5-4-8-16-10-11)14-15-6-2-1-3-7-15/h11-12,14H,1-10,13H2. The summed E-state index contributed by atoms with van der Waals surface area (Å²) in [6.07, 6.45) is 6.43. The first-order chi connectivity index (χ1) is 7.90. The highest BCUT2D eigenvalue weighted by atomic mass is 16.5. The number of nitrogens with one attached hydrogen (secondary N) is 1. The van der Waals surface area contributed by atoms with Gasteiger partial charge < -0.3 is 10.5 Å². The van der Waals surface area contributed by atoms with Gasteiger partial charge in [-0.1, -0.05) is 6.42 Å². The van der Waals surface area contributed by atoms with Crippen molar-refractivity contribution in [2.24, 2.45) is 11.7 Å². The summed E-state index contributed by atoms with van der Waals surface area (Å²) >= 11 is 0. The Bertz CT molecular complexity index is 189. The zero-order chi connectivity index (χ0) is 11.2. The molecule has 3 N–H and O–H groups in total. The highest BCUT2D eigenvalue weighted by Crippen LogP contribution is 2.18. The van der Waals surface area contributed by atoms with Crippen molar-refractivity contribution in [3.05, 3.63) is 0 Å². The zero-order valence-electron chi connectivity index (χ0n) is 10.2. The minimum absolute atomic E-state index is 0.401. The van der Waals surface area contributed by atoms with Gasteiger partial charge in [-0.15, -0.1) is 0 Å². The van der Waals surface area contributed by atoms with Crippen LogP contribution in [-0.2, 0) is 4.74 Å². The molecule has 16 heavy (non-hydrogen) atoms. The van der Waals surface area contributed by atoms with Gasteiger partial charge in [-0.2, -0.15) is 0 Å². The topological polar surface area (TPSA) is 50.5 Å². The fourth-order valence-corrected chi connectivity index (χ4v) is 2.69. The Morgan fingerprint density at radius 2 is 2.06 bits per heavy atom. The summed E-state index contributed by atoms with van der Waals surface area (Å²) in [4.78, 5) is 0. The molecule has 4 nitrogen and oxygen atoms in total. The van der Waals surface area contributed by atoms with E-state index < -0.39 is 0 Å². The lowest BCUT2D eigenvalue weighted by molar-refractivity contribution is 0.0185. The number of nitrogens with two attached hydrogens (primary N) is 1. The van der Waals surface area contributed by atoms with E-state index in [-0.39, 0.29) is 0 Å². The summed E-state index contributed by atoms with van der Waals surface area (Å²) in [5.74, 6) is 0.598. The van der Waals surface area contributed by atoms with Crippen LogP contribution in [0.25, 0.3) is 0 Å². The van der Waals surface area contributed by atoms with Crippen LogP contribution in [0.1, 0.15) is 32.1 Å². The molecule has 0 aromatic carbocycles. The summed E-state index contributed by atoms with van der Waals surface area (Å²) in [7, 11) is 0. The zero-order valence-corrected chi connectivity index (χ0v) is 10.2. The molecule has 2 saturated heterocycles. The molecule has 94 valence electrons. The van der Waals surface area contributed by atoms with Crippen LogP contribution in [-0.4, -0.2) is 43.9 Å². The normalized spacial score (nSPS) is 30.2. The third kappa shape index (κ3) is 3.42. The Kier molecular flexibility index (Phi) is 5.03. The van der Waals surface area contributed by atoms with Gasteiger partial charge >= 0.3 is 0 Å². The maximum absolute atomic E-state index is 5.88. The van der Waals surface area contributed by atoms with Gasteiger partial charge in [-0.05, 0) is 25.7 Å². The van der Waals surface area contributed by atoms with Crippen LogP contribution >= 0.6 is 0 Å². The van der Waals surface area contributed by atoms with Crippen LogP contribution in [0.4, 0.5) is 0 Å². The Balaban J connectivity index is 1.78. The van der Waals surface area contributed by atoms with Crippen molar-refractivity contribution in [3.63, 3.8) is 0 Å². The van der Waals surface area contributed by atoms with E-state index in [9.17, 15) is 0 Å². The average molecular weight is 227 g/mol. The molecule has 0 aromatic rings. The summed E-state index contributed by atoms with van der Waals surface area (Å²) in [5.41, 5.74) is 9.48. The lowest BCUT2D eigenvalue weighted by atomic mass is 9.94. The van der Waals surface area contributed by atoms with E-state index in [4.69, 9.17) is 10.5 Å². The summed E-state index contributed by atoms with van der Waals surface area (Å²) in [6, 6.07) is 0.401. The van der Waals surface area contributed by atoms with Crippen molar-refractivity contribution in [2.75, 3.05) is 32.8 Å². The van der Waals surface area contributed by atoms with Crippen LogP contribution in [0, 0.1) is 5.92 Å². The van der Waals surface area contributed by atoms with E-state index in [0.29, 0.717) is 18.5 Å². The number of rotatable bonds is 4. The molecule has 4 heteroatoms. The smallest absolute Gasteiger partial charge is 0.0510 e. The van der Waals surface area contributed by atoms with Crippen molar-refractivity contribution >= 4 is 0 Å². The van der Waals surface area contributed by atoms with Gasteiger partial charge in [0, 0.05) is 38.2 Å². The van der Waals surface area contributed by atoms with Crippen LogP contribution < -0.4 is 11.2 Å². The molecule has 0 radical (unpaired) electrons. The van der Waals surface area contributed by atoms with Crippen molar-refractivity contribution in [3.8, 4) is 0 Å². The van der Waals surface area contributed by atoms with E-state index >= 15 is 0 Å². The first-order valence-corrected chi connectivity index (χ1v) is 6.69. The highest BCUT2D eigenvalue weighted by molar-refractivity contribution is 4.79. The van der Waals surface area contributed by atoms with E-state index in [0.717, 1.165) is 13.2 Å². The monoisotopic (exact) mass is 227 g/mol. The molecular weight excluding hydrogens is 202 g/mol. The predicted molar refractivity (Wildman–Crippen MR) is 64.9 cm³/mol. The maximum Gasteiger partial charge on any atom is 0.0510 e. The number of piperidine rings is 1. The SMILES string of the molecule is NCC(NN1CCCCC1)C1CCCOC1. The van der Waals surface area contributed by atoms with E-state index in [2.05, 4.69) is 10.4 Å². The highest BCUT2D eigenvalue weighted by Gasteiger charge is 2.25. The number of ether oxygens (including phenoxy) is 1. The first kappa shape index (κ1) is 12.3. The molecule has 2 unspecified atom stereocenters. The van der Waals surface area contributed by atoms with Gasteiger partial charge in [0.2, 0.25) is 0 Å². The molecule has 2 heterocycles. The molecule has 2 rings (SSSR count). The first-order valence-electron chi connectivity index (χ1n) is 6.69. The molecule has 2 atom stereocenters. The van der Waals surface area contributed by atoms with Crippen LogP contribution in [0.5, 0.6) is 0 Å². The molecule has 0 bridgehead atoms. The molecule has 2 aliphatic heterocycles. The number of nitrogens with zero attached hydrogens (tertiary/aromatic N) is 1. The fourth-order valence-electron chi connectivity index (χ4n) is 2.69. The van der Waals surface area contributed by atoms with E-state index in [1.165, 1.54) is 45.2 Å². The molecule has 0 amide bonds. The van der Waals surface area contributed by atoms with Gasteiger partial charge in [0.25, 0.3) is 0 Å². The van der Waals surface area contributed by atoms with Crippen LogP contribution in [0.15, 0.2) is 0 Å². The summed E-state index contributed by atoms with van der Waals surface area (Å²) in [6.45, 7) is 4.86. The Morgan fingerprint density at radius 3 is 2.69 bits per heavy atom. The molecule has 0 spiro atoms. The second-order valence-corrected chi connectivity index (χ2v) is 5.00. The van der Waals surface area contributed by atoms with Crippen LogP contribution in [0.3, 0.4) is 0 Å². The van der Waals surface area contributed by atoms with Crippen molar-refractivity contribution in [1.29, 1.82) is 0 Å².